The normalized spacial score (nSPS) is 15.8. The van der Waals surface area contributed by atoms with Gasteiger partial charge in [-0.25, -0.2) is 8.42 Å². The number of alkyl halides is 5. The van der Waals surface area contributed by atoms with Crippen molar-refractivity contribution in [3.8, 4) is 0 Å². The number of esters is 2. The Morgan fingerprint density at radius 3 is 2.00 bits per heavy atom. The molecule has 0 radical (unpaired) electrons. The maximum absolute atomic E-state index is 13.5. The van der Waals surface area contributed by atoms with Crippen LogP contribution in [-0.2, 0) is 29.2 Å². The van der Waals surface area contributed by atoms with Gasteiger partial charge >= 0.3 is 59.7 Å². The smallest absolute Gasteiger partial charge is 0.747 e. The van der Waals surface area contributed by atoms with Crippen LogP contribution in [0, 0.1) is 11.3 Å². The minimum absolute atomic E-state index is 0. The maximum atomic E-state index is 13.5. The molecule has 0 N–H and O–H groups in total. The van der Waals surface area contributed by atoms with Gasteiger partial charge in [-0.3, -0.25) is 9.59 Å². The van der Waals surface area contributed by atoms with Gasteiger partial charge in [-0.05, 0) is 24.2 Å². The van der Waals surface area contributed by atoms with Crippen LogP contribution in [0.2, 0.25) is 0 Å². The van der Waals surface area contributed by atoms with Crippen molar-refractivity contribution in [1.29, 1.82) is 0 Å². The number of rotatable bonds is 12. The molecule has 3 unspecified atom stereocenters. The molecule has 0 saturated heterocycles. The van der Waals surface area contributed by atoms with Crippen LogP contribution in [0.15, 0.2) is 0 Å². The summed E-state index contributed by atoms with van der Waals surface area (Å²) >= 11 is 0. The van der Waals surface area contributed by atoms with Crippen LogP contribution in [0.3, 0.4) is 0 Å². The molecule has 7 nitrogen and oxygen atoms in total. The van der Waals surface area contributed by atoms with Crippen molar-refractivity contribution in [3.05, 3.63) is 0 Å². The van der Waals surface area contributed by atoms with E-state index in [1.165, 1.54) is 0 Å². The largest absolute Gasteiger partial charge is 1.00 e. The molecule has 0 fully saturated rings. The quantitative estimate of drug-likeness (QED) is 0.167. The van der Waals surface area contributed by atoms with Crippen molar-refractivity contribution >= 4 is 22.1 Å². The molecule has 0 spiro atoms. The molecule has 0 aliphatic heterocycles. The molecule has 184 valence electrons. The van der Waals surface area contributed by atoms with Crippen molar-refractivity contribution < 1.29 is 83.5 Å². The third-order valence-electron chi connectivity index (χ3n) is 4.23. The Kier molecular flexibility index (Phi) is 13.5. The summed E-state index contributed by atoms with van der Waals surface area (Å²) in [7, 11) is -5.68. The summed E-state index contributed by atoms with van der Waals surface area (Å²) in [4.78, 5) is 23.5. The second-order valence-corrected chi connectivity index (χ2v) is 10.1. The maximum Gasteiger partial charge on any atom is 1.00 e. The van der Waals surface area contributed by atoms with Gasteiger partial charge < -0.3 is 14.0 Å². The monoisotopic (exact) mass is 506 g/mol. The first kappa shape index (κ1) is 33.7. The Morgan fingerprint density at radius 2 is 1.59 bits per heavy atom. The van der Waals surface area contributed by atoms with Gasteiger partial charge in [-0.1, -0.05) is 34.6 Å². The molecule has 32 heavy (non-hydrogen) atoms. The summed E-state index contributed by atoms with van der Waals surface area (Å²) in [6.07, 6.45) is -6.06. The molecule has 0 rings (SSSR count). The number of halogens is 5. The summed E-state index contributed by atoms with van der Waals surface area (Å²) in [5.41, 5.74) is -0.00549. The third-order valence-corrected chi connectivity index (χ3v) is 5.29. The topological polar surface area (TPSA) is 110 Å². The van der Waals surface area contributed by atoms with Crippen LogP contribution in [0.5, 0.6) is 0 Å². The predicted octanol–water partition coefficient (Wildman–Crippen LogP) is 0.819. The first-order valence-electron chi connectivity index (χ1n) is 9.45. The Balaban J connectivity index is 0. The molecule has 0 amide bonds. The molecule has 0 aromatic carbocycles. The van der Waals surface area contributed by atoms with Gasteiger partial charge in [0.15, 0.2) is 5.25 Å². The Bertz CT molecular complexity index is 726. The summed E-state index contributed by atoms with van der Waals surface area (Å²) in [6, 6.07) is 0. The van der Waals surface area contributed by atoms with E-state index in [9.17, 15) is 44.5 Å². The SMILES string of the molecule is CCC(F)(F)C(F)(F)C(F)OC(=O)C(CC(=O)OCCC(C)CC(C)(C)C)S(=O)(=O)[O-].[Na+]. The van der Waals surface area contributed by atoms with E-state index in [1.807, 2.05) is 27.7 Å². The van der Waals surface area contributed by atoms with Crippen molar-refractivity contribution in [2.75, 3.05) is 6.61 Å². The van der Waals surface area contributed by atoms with Crippen LogP contribution in [0.25, 0.3) is 0 Å². The second kappa shape index (κ2) is 12.8. The zero-order chi connectivity index (χ0) is 24.8. The van der Waals surface area contributed by atoms with Gasteiger partial charge in [0.25, 0.3) is 0 Å². The van der Waals surface area contributed by atoms with Crippen LogP contribution >= 0.6 is 0 Å². The minimum atomic E-state index is -5.68. The molecular formula is C18H28F5NaO7S. The van der Waals surface area contributed by atoms with E-state index in [4.69, 9.17) is 4.74 Å². The Hall–Kier alpha value is -0.500. The summed E-state index contributed by atoms with van der Waals surface area (Å²) in [6.45, 7) is 8.26. The van der Waals surface area contributed by atoms with E-state index < -0.39 is 58.4 Å². The molecule has 0 aromatic rings. The van der Waals surface area contributed by atoms with Crippen LogP contribution in [0.1, 0.15) is 60.3 Å². The first-order chi connectivity index (χ1) is 13.7. The number of hydrogen-bond acceptors (Lipinski definition) is 7. The number of carbonyl (C=O) groups is 2. The predicted molar refractivity (Wildman–Crippen MR) is 98.1 cm³/mol. The van der Waals surface area contributed by atoms with Gasteiger partial charge in [0.2, 0.25) is 0 Å². The summed E-state index contributed by atoms with van der Waals surface area (Å²) < 4.78 is 109. The van der Waals surface area contributed by atoms with E-state index in [2.05, 4.69) is 4.74 Å². The van der Waals surface area contributed by atoms with Crippen LogP contribution in [-0.4, -0.2) is 55.0 Å². The van der Waals surface area contributed by atoms with Gasteiger partial charge in [0.05, 0.1) is 13.0 Å². The van der Waals surface area contributed by atoms with Gasteiger partial charge in [0, 0.05) is 6.42 Å². The number of ether oxygens (including phenoxy) is 2. The zero-order valence-electron chi connectivity index (χ0n) is 18.9. The molecule has 0 aromatic heterocycles. The molecule has 0 aliphatic rings. The standard InChI is InChI=1S/C18H29F5O7S.Na/c1-6-17(20,21)18(22,23)15(19)30-14(25)12(31(26,27)28)9-13(24)29-8-7-11(2)10-16(3,4)5;/h11-12,15H,6-10H2,1-5H3,(H,26,27,28);/q;+1/p-1. The zero-order valence-corrected chi connectivity index (χ0v) is 21.7. The molecule has 0 heterocycles. The number of carbonyl (C=O) groups excluding carboxylic acids is 2. The van der Waals surface area contributed by atoms with Crippen molar-refractivity contribution in [3.63, 3.8) is 0 Å². The number of hydrogen-bond donors (Lipinski definition) is 0. The minimum Gasteiger partial charge on any atom is -0.747 e. The molecule has 0 aliphatic carbocycles. The fourth-order valence-corrected chi connectivity index (χ4v) is 3.32. The van der Waals surface area contributed by atoms with E-state index in [-0.39, 0.29) is 47.5 Å². The van der Waals surface area contributed by atoms with E-state index >= 15 is 0 Å². The van der Waals surface area contributed by atoms with Crippen LogP contribution < -0.4 is 29.6 Å². The summed E-state index contributed by atoms with van der Waals surface area (Å²) in [5, 5.41) is -2.93. The fourth-order valence-electron chi connectivity index (χ4n) is 2.69. The Morgan fingerprint density at radius 1 is 1.09 bits per heavy atom. The first-order valence-corrected chi connectivity index (χ1v) is 10.9. The molecule has 14 heteroatoms. The van der Waals surface area contributed by atoms with Crippen molar-refractivity contribution in [2.24, 2.45) is 11.3 Å². The second-order valence-electron chi connectivity index (χ2n) is 8.50. The third kappa shape index (κ3) is 11.1. The van der Waals surface area contributed by atoms with E-state index in [0.29, 0.717) is 13.3 Å². The molecule has 3 atom stereocenters. The summed E-state index contributed by atoms with van der Waals surface area (Å²) in [5.74, 6) is -14.1. The fraction of sp³-hybridized carbons (Fsp3) is 0.889. The molecule has 0 saturated carbocycles. The average Bonchev–Trinajstić information content (AvgIpc) is 2.56. The van der Waals surface area contributed by atoms with E-state index in [1.54, 1.807) is 0 Å². The van der Waals surface area contributed by atoms with E-state index in [0.717, 1.165) is 6.42 Å². The van der Waals surface area contributed by atoms with Gasteiger partial charge in [-0.2, -0.15) is 22.0 Å². The average molecular weight is 506 g/mol. The molecule has 0 bridgehead atoms. The van der Waals surface area contributed by atoms with Crippen molar-refractivity contribution in [1.82, 2.24) is 0 Å². The van der Waals surface area contributed by atoms with Crippen molar-refractivity contribution in [2.45, 2.75) is 83.8 Å². The molecular weight excluding hydrogens is 478 g/mol. The van der Waals surface area contributed by atoms with Gasteiger partial charge in [0.1, 0.15) is 10.1 Å². The van der Waals surface area contributed by atoms with Crippen LogP contribution in [0.4, 0.5) is 22.0 Å². The Labute approximate surface area is 206 Å². The van der Waals surface area contributed by atoms with Gasteiger partial charge in [-0.15, -0.1) is 0 Å².